The molecule has 0 spiro atoms. The highest BCUT2D eigenvalue weighted by atomic mass is 19.4. The minimum atomic E-state index is -5.85. The number of carbonyl (C=O) groups excluding carboxylic acids is 1. The van der Waals surface area contributed by atoms with E-state index < -0.39 is 18.0 Å². The number of likely N-dealkylation sites (tertiary alicyclic amines) is 1. The van der Waals surface area contributed by atoms with E-state index in [0.29, 0.717) is 13.0 Å². The van der Waals surface area contributed by atoms with Gasteiger partial charge < -0.3 is 10.2 Å². The minimum Gasteiger partial charge on any atom is -0.350 e. The Bertz CT molecular complexity index is 330. The van der Waals surface area contributed by atoms with Crippen molar-refractivity contribution >= 4 is 5.91 Å². The zero-order valence-electron chi connectivity index (χ0n) is 10.7. The quantitative estimate of drug-likeness (QED) is 0.803. The lowest BCUT2D eigenvalue weighted by molar-refractivity contribution is -0.269. The molecular formula is C11H17F5N2O. The standard InChI is InChI=1S/C11H17F5N2O/c1-7(2)18-4-3-8(6-18)5-17-9(19)10(12,13)11(14,15)16/h7-8H,3-6H2,1-2H3,(H,17,19). The van der Waals surface area contributed by atoms with E-state index in [1.807, 2.05) is 13.8 Å². The highest BCUT2D eigenvalue weighted by Crippen LogP contribution is 2.35. The molecule has 1 amide bonds. The number of rotatable bonds is 4. The Balaban J connectivity index is 2.44. The number of amides is 1. The van der Waals surface area contributed by atoms with Crippen molar-refractivity contribution in [2.45, 2.75) is 38.4 Å². The number of carbonyl (C=O) groups is 1. The number of nitrogens with zero attached hydrogens (tertiary/aromatic N) is 1. The molecule has 1 aliphatic heterocycles. The van der Waals surface area contributed by atoms with Crippen molar-refractivity contribution in [3.05, 3.63) is 0 Å². The summed E-state index contributed by atoms with van der Waals surface area (Å²) >= 11 is 0. The van der Waals surface area contributed by atoms with Crippen LogP contribution in [0.25, 0.3) is 0 Å². The van der Waals surface area contributed by atoms with Crippen LogP contribution in [0.1, 0.15) is 20.3 Å². The van der Waals surface area contributed by atoms with E-state index in [-0.39, 0.29) is 18.5 Å². The Labute approximate surface area is 108 Å². The monoisotopic (exact) mass is 288 g/mol. The summed E-state index contributed by atoms with van der Waals surface area (Å²) < 4.78 is 61.1. The molecule has 1 N–H and O–H groups in total. The predicted molar refractivity (Wildman–Crippen MR) is 58.8 cm³/mol. The highest BCUT2D eigenvalue weighted by Gasteiger charge is 2.63. The smallest absolute Gasteiger partial charge is 0.350 e. The zero-order valence-corrected chi connectivity index (χ0v) is 10.7. The van der Waals surface area contributed by atoms with Gasteiger partial charge in [-0.15, -0.1) is 0 Å². The van der Waals surface area contributed by atoms with Crippen molar-refractivity contribution in [3.63, 3.8) is 0 Å². The van der Waals surface area contributed by atoms with Gasteiger partial charge in [-0.05, 0) is 32.7 Å². The summed E-state index contributed by atoms with van der Waals surface area (Å²) in [6.07, 6.45) is -5.17. The molecule has 1 fully saturated rings. The molecule has 112 valence electrons. The normalized spacial score (nSPS) is 22.0. The maximum Gasteiger partial charge on any atom is 0.463 e. The molecule has 0 aromatic carbocycles. The van der Waals surface area contributed by atoms with Gasteiger partial charge in [0, 0.05) is 19.1 Å². The molecule has 0 aromatic heterocycles. The molecule has 1 aliphatic rings. The van der Waals surface area contributed by atoms with Gasteiger partial charge in [-0.2, -0.15) is 22.0 Å². The van der Waals surface area contributed by atoms with Crippen LogP contribution in [0.2, 0.25) is 0 Å². The molecule has 0 aliphatic carbocycles. The lowest BCUT2D eigenvalue weighted by atomic mass is 10.1. The van der Waals surface area contributed by atoms with Crippen molar-refractivity contribution in [2.24, 2.45) is 5.92 Å². The van der Waals surface area contributed by atoms with Crippen LogP contribution in [0, 0.1) is 5.92 Å². The molecule has 1 unspecified atom stereocenters. The third kappa shape index (κ3) is 3.77. The highest BCUT2D eigenvalue weighted by molar-refractivity contribution is 5.84. The Kier molecular flexibility index (Phi) is 4.76. The van der Waals surface area contributed by atoms with Gasteiger partial charge in [-0.1, -0.05) is 0 Å². The van der Waals surface area contributed by atoms with E-state index in [1.54, 1.807) is 5.32 Å². The molecule has 3 nitrogen and oxygen atoms in total. The third-order valence-electron chi connectivity index (χ3n) is 3.24. The first-order chi connectivity index (χ1) is 8.55. The van der Waals surface area contributed by atoms with Crippen molar-refractivity contribution in [2.75, 3.05) is 19.6 Å². The number of nitrogens with one attached hydrogen (secondary N) is 1. The third-order valence-corrected chi connectivity index (χ3v) is 3.24. The molecule has 8 heteroatoms. The molecule has 1 saturated heterocycles. The SMILES string of the molecule is CC(C)N1CCC(CNC(=O)C(F)(F)C(F)(F)F)C1. The summed E-state index contributed by atoms with van der Waals surface area (Å²) in [6.45, 7) is 5.13. The zero-order chi connectivity index (χ0) is 14.8. The fourth-order valence-electron chi connectivity index (χ4n) is 1.98. The van der Waals surface area contributed by atoms with Crippen LogP contribution in [0.4, 0.5) is 22.0 Å². The molecule has 1 atom stereocenters. The van der Waals surface area contributed by atoms with Gasteiger partial charge in [0.1, 0.15) is 0 Å². The van der Waals surface area contributed by atoms with Crippen molar-refractivity contribution in [1.82, 2.24) is 10.2 Å². The molecule has 0 radical (unpaired) electrons. The molecular weight excluding hydrogens is 271 g/mol. The van der Waals surface area contributed by atoms with E-state index in [1.165, 1.54) is 0 Å². The van der Waals surface area contributed by atoms with Crippen LogP contribution in [0.15, 0.2) is 0 Å². The van der Waals surface area contributed by atoms with Gasteiger partial charge in [0.15, 0.2) is 0 Å². The molecule has 1 rings (SSSR count). The van der Waals surface area contributed by atoms with Gasteiger partial charge in [-0.25, -0.2) is 0 Å². The molecule has 0 bridgehead atoms. The summed E-state index contributed by atoms with van der Waals surface area (Å²) in [5.74, 6) is -7.69. The summed E-state index contributed by atoms with van der Waals surface area (Å²) in [6, 6.07) is 0.289. The Morgan fingerprint density at radius 2 is 1.89 bits per heavy atom. The largest absolute Gasteiger partial charge is 0.463 e. The van der Waals surface area contributed by atoms with Gasteiger partial charge in [0.05, 0.1) is 0 Å². The van der Waals surface area contributed by atoms with Crippen molar-refractivity contribution in [1.29, 1.82) is 0 Å². The number of alkyl halides is 5. The summed E-state index contributed by atoms with van der Waals surface area (Å²) in [7, 11) is 0. The van der Waals surface area contributed by atoms with E-state index in [9.17, 15) is 26.7 Å². The second-order valence-electron chi connectivity index (χ2n) is 5.03. The van der Waals surface area contributed by atoms with Gasteiger partial charge in [0.2, 0.25) is 0 Å². The van der Waals surface area contributed by atoms with Crippen molar-refractivity contribution in [3.8, 4) is 0 Å². The van der Waals surface area contributed by atoms with Crippen LogP contribution in [0.3, 0.4) is 0 Å². The average molecular weight is 288 g/mol. The van der Waals surface area contributed by atoms with E-state index >= 15 is 0 Å². The lowest BCUT2D eigenvalue weighted by Gasteiger charge is -2.21. The fraction of sp³-hybridized carbons (Fsp3) is 0.909. The van der Waals surface area contributed by atoms with Gasteiger partial charge >= 0.3 is 12.1 Å². The van der Waals surface area contributed by atoms with Crippen LogP contribution in [-0.2, 0) is 4.79 Å². The maximum absolute atomic E-state index is 12.7. The maximum atomic E-state index is 12.7. The average Bonchev–Trinajstić information content (AvgIpc) is 2.72. The van der Waals surface area contributed by atoms with E-state index in [4.69, 9.17) is 0 Å². The summed E-state index contributed by atoms with van der Waals surface area (Å²) in [4.78, 5) is 13.0. The molecule has 0 aromatic rings. The summed E-state index contributed by atoms with van der Waals surface area (Å²) in [5, 5.41) is 1.70. The molecule has 1 heterocycles. The first-order valence-corrected chi connectivity index (χ1v) is 6.02. The second kappa shape index (κ2) is 5.60. The summed E-state index contributed by atoms with van der Waals surface area (Å²) in [5.41, 5.74) is 0. The van der Waals surface area contributed by atoms with E-state index in [2.05, 4.69) is 4.90 Å². The predicted octanol–water partition coefficient (Wildman–Crippen LogP) is 2.03. The Hall–Kier alpha value is -0.920. The van der Waals surface area contributed by atoms with Crippen LogP contribution in [0.5, 0.6) is 0 Å². The first kappa shape index (κ1) is 16.1. The second-order valence-corrected chi connectivity index (χ2v) is 5.03. The Morgan fingerprint density at radius 3 is 2.32 bits per heavy atom. The fourth-order valence-corrected chi connectivity index (χ4v) is 1.98. The van der Waals surface area contributed by atoms with Crippen LogP contribution >= 0.6 is 0 Å². The van der Waals surface area contributed by atoms with Gasteiger partial charge in [0.25, 0.3) is 5.91 Å². The Morgan fingerprint density at radius 1 is 1.32 bits per heavy atom. The van der Waals surface area contributed by atoms with Crippen LogP contribution in [-0.4, -0.2) is 48.6 Å². The topological polar surface area (TPSA) is 32.3 Å². The van der Waals surface area contributed by atoms with Gasteiger partial charge in [-0.3, -0.25) is 4.79 Å². The molecule has 0 saturated carbocycles. The lowest BCUT2D eigenvalue weighted by Crippen LogP contribution is -2.51. The number of halogens is 5. The van der Waals surface area contributed by atoms with E-state index in [0.717, 1.165) is 6.54 Å². The van der Waals surface area contributed by atoms with Crippen LogP contribution < -0.4 is 5.32 Å². The first-order valence-electron chi connectivity index (χ1n) is 6.02. The number of hydrogen-bond acceptors (Lipinski definition) is 2. The van der Waals surface area contributed by atoms with Crippen molar-refractivity contribution < 1.29 is 26.7 Å². The minimum absolute atomic E-state index is 0.0876. The molecule has 19 heavy (non-hydrogen) atoms. The number of hydrogen-bond donors (Lipinski definition) is 1.